The molecule has 0 bridgehead atoms. The van der Waals surface area contributed by atoms with Crippen molar-refractivity contribution < 1.29 is 9.72 Å². The van der Waals surface area contributed by atoms with Crippen molar-refractivity contribution >= 4 is 11.5 Å². The van der Waals surface area contributed by atoms with Crippen molar-refractivity contribution in [2.75, 3.05) is 19.6 Å². The molecule has 0 atom stereocenters. The van der Waals surface area contributed by atoms with Crippen molar-refractivity contribution in [1.29, 1.82) is 0 Å². The van der Waals surface area contributed by atoms with E-state index in [2.05, 4.69) is 23.7 Å². The molecular weight excluding hydrogens is 258 g/mol. The fourth-order valence-electron chi connectivity index (χ4n) is 2.57. The van der Waals surface area contributed by atoms with E-state index in [0.29, 0.717) is 17.7 Å². The first-order valence-electron chi connectivity index (χ1n) is 6.96. The highest BCUT2D eigenvalue weighted by molar-refractivity contribution is 5.96. The van der Waals surface area contributed by atoms with Crippen LogP contribution in [-0.2, 0) is 0 Å². The topological polar surface area (TPSA) is 79.2 Å². The van der Waals surface area contributed by atoms with E-state index < -0.39 is 4.92 Å². The monoisotopic (exact) mass is 279 g/mol. The van der Waals surface area contributed by atoms with E-state index in [9.17, 15) is 14.9 Å². The normalized spacial score (nSPS) is 19.5. The average molecular weight is 279 g/mol. The van der Waals surface area contributed by atoms with Gasteiger partial charge in [0.25, 0.3) is 5.69 Å². The molecular formula is C14H21N3O3. The summed E-state index contributed by atoms with van der Waals surface area (Å²) in [5.41, 5.74) is 0.591. The number of aromatic amines is 1. The molecule has 1 N–H and O–H groups in total. The minimum Gasteiger partial charge on any atom is -0.353 e. The largest absolute Gasteiger partial charge is 0.353 e. The summed E-state index contributed by atoms with van der Waals surface area (Å²) in [6.45, 7) is 6.66. The van der Waals surface area contributed by atoms with Gasteiger partial charge in [-0.3, -0.25) is 19.8 Å². The van der Waals surface area contributed by atoms with Crippen LogP contribution in [0.2, 0.25) is 0 Å². The third-order valence-corrected chi connectivity index (χ3v) is 3.98. The minimum atomic E-state index is -0.498. The number of likely N-dealkylation sites (tertiary alicyclic amines) is 1. The molecule has 0 aromatic carbocycles. The van der Waals surface area contributed by atoms with Crippen LogP contribution in [-0.4, -0.2) is 40.2 Å². The summed E-state index contributed by atoms with van der Waals surface area (Å²) in [7, 11) is 0. The van der Waals surface area contributed by atoms with Gasteiger partial charge in [0.15, 0.2) is 5.78 Å². The van der Waals surface area contributed by atoms with Crippen molar-refractivity contribution in [3.63, 3.8) is 0 Å². The average Bonchev–Trinajstić information content (AvgIpc) is 2.79. The summed E-state index contributed by atoms with van der Waals surface area (Å²) in [6, 6.07) is 1.31. The van der Waals surface area contributed by atoms with Gasteiger partial charge in [0.05, 0.1) is 23.4 Å². The number of rotatable bonds is 4. The predicted octanol–water partition coefficient (Wildman–Crippen LogP) is 2.62. The van der Waals surface area contributed by atoms with Crippen LogP contribution in [0.15, 0.2) is 12.3 Å². The second kappa shape index (κ2) is 5.75. The highest BCUT2D eigenvalue weighted by Crippen LogP contribution is 2.29. The number of aromatic nitrogens is 1. The summed E-state index contributed by atoms with van der Waals surface area (Å²) >= 11 is 0. The van der Waals surface area contributed by atoms with E-state index in [1.165, 1.54) is 18.7 Å². The van der Waals surface area contributed by atoms with Gasteiger partial charge < -0.3 is 4.98 Å². The van der Waals surface area contributed by atoms with Crippen LogP contribution in [0.5, 0.6) is 0 Å². The van der Waals surface area contributed by atoms with E-state index in [4.69, 9.17) is 0 Å². The van der Waals surface area contributed by atoms with Gasteiger partial charge in [0, 0.05) is 6.07 Å². The molecule has 0 spiro atoms. The molecule has 0 unspecified atom stereocenters. The number of nitro groups is 1. The first-order chi connectivity index (χ1) is 9.37. The van der Waals surface area contributed by atoms with Crippen molar-refractivity contribution in [1.82, 2.24) is 9.88 Å². The van der Waals surface area contributed by atoms with E-state index in [0.717, 1.165) is 25.9 Å². The number of H-pyrrole nitrogens is 1. The molecule has 6 heteroatoms. The number of ketones is 1. The molecule has 1 aromatic heterocycles. The van der Waals surface area contributed by atoms with E-state index >= 15 is 0 Å². The second-order valence-electron chi connectivity index (χ2n) is 6.25. The molecule has 0 aliphatic carbocycles. The van der Waals surface area contributed by atoms with Crippen LogP contribution in [0.1, 0.15) is 43.6 Å². The zero-order valence-corrected chi connectivity index (χ0v) is 12.0. The number of hydrogen-bond donors (Lipinski definition) is 1. The van der Waals surface area contributed by atoms with Crippen LogP contribution in [0.25, 0.3) is 0 Å². The highest BCUT2D eigenvalue weighted by atomic mass is 16.6. The minimum absolute atomic E-state index is 0.0645. The number of carbonyl (C=O) groups is 1. The number of nitrogens with zero attached hydrogens (tertiary/aromatic N) is 2. The molecule has 1 saturated heterocycles. The lowest BCUT2D eigenvalue weighted by Gasteiger charge is -2.22. The Hall–Kier alpha value is -1.69. The summed E-state index contributed by atoms with van der Waals surface area (Å²) in [4.78, 5) is 27.1. The summed E-state index contributed by atoms with van der Waals surface area (Å²) in [5.74, 6) is -0.0854. The maximum atomic E-state index is 12.1. The maximum absolute atomic E-state index is 12.1. The van der Waals surface area contributed by atoms with Gasteiger partial charge in [-0.1, -0.05) is 13.8 Å². The molecule has 1 aliphatic heterocycles. The smallest absolute Gasteiger partial charge is 0.287 e. The fraction of sp³-hybridized carbons (Fsp3) is 0.643. The van der Waals surface area contributed by atoms with Gasteiger partial charge in [0.1, 0.15) is 0 Å². The SMILES string of the molecule is CC1(C)CCCN(CC(=O)c2cc([N+](=O)[O-])c[nH]2)CC1. The van der Waals surface area contributed by atoms with Crippen LogP contribution in [0.4, 0.5) is 5.69 Å². The van der Waals surface area contributed by atoms with Crippen LogP contribution < -0.4 is 0 Å². The molecule has 20 heavy (non-hydrogen) atoms. The molecule has 1 aromatic rings. The standard InChI is InChI=1S/C14H21N3O3/c1-14(2)4-3-6-16(7-5-14)10-13(18)12-8-11(9-15-12)17(19)20/h8-9,15H,3-7,10H2,1-2H3. The van der Waals surface area contributed by atoms with Crippen molar-refractivity contribution in [3.8, 4) is 0 Å². The van der Waals surface area contributed by atoms with Gasteiger partial charge in [-0.05, 0) is 37.8 Å². The molecule has 1 fully saturated rings. The number of nitrogens with one attached hydrogen (secondary N) is 1. The van der Waals surface area contributed by atoms with Gasteiger partial charge in [-0.15, -0.1) is 0 Å². The van der Waals surface area contributed by atoms with Crippen molar-refractivity contribution in [3.05, 3.63) is 28.1 Å². The Labute approximate surface area is 118 Å². The Bertz CT molecular complexity index is 508. The molecule has 0 amide bonds. The third-order valence-electron chi connectivity index (χ3n) is 3.98. The Morgan fingerprint density at radius 2 is 2.20 bits per heavy atom. The molecule has 0 saturated carbocycles. The van der Waals surface area contributed by atoms with Gasteiger partial charge in [0.2, 0.25) is 0 Å². The Balaban J connectivity index is 1.95. The Morgan fingerprint density at radius 3 is 2.85 bits per heavy atom. The highest BCUT2D eigenvalue weighted by Gasteiger charge is 2.24. The third kappa shape index (κ3) is 3.66. The zero-order valence-electron chi connectivity index (χ0n) is 12.0. The molecule has 2 heterocycles. The van der Waals surface area contributed by atoms with Crippen LogP contribution in [0.3, 0.4) is 0 Å². The molecule has 0 radical (unpaired) electrons. The van der Waals surface area contributed by atoms with Crippen LogP contribution >= 0.6 is 0 Å². The van der Waals surface area contributed by atoms with Crippen LogP contribution in [0, 0.1) is 15.5 Å². The number of Topliss-reactive ketones (excluding diaryl/α,β-unsaturated/α-hetero) is 1. The van der Waals surface area contributed by atoms with Crippen molar-refractivity contribution in [2.24, 2.45) is 5.41 Å². The van der Waals surface area contributed by atoms with E-state index in [1.54, 1.807) is 0 Å². The Kier molecular flexibility index (Phi) is 4.23. The Morgan fingerprint density at radius 1 is 1.45 bits per heavy atom. The molecule has 1 aliphatic rings. The predicted molar refractivity (Wildman–Crippen MR) is 75.8 cm³/mol. The molecule has 6 nitrogen and oxygen atoms in total. The second-order valence-corrected chi connectivity index (χ2v) is 6.25. The lowest BCUT2D eigenvalue weighted by Crippen LogP contribution is -2.31. The number of hydrogen-bond acceptors (Lipinski definition) is 4. The quantitative estimate of drug-likeness (QED) is 0.522. The van der Waals surface area contributed by atoms with Gasteiger partial charge >= 0.3 is 0 Å². The van der Waals surface area contributed by atoms with E-state index in [1.807, 2.05) is 0 Å². The zero-order chi connectivity index (χ0) is 14.8. The first kappa shape index (κ1) is 14.7. The number of carbonyl (C=O) groups excluding carboxylic acids is 1. The molecule has 110 valence electrons. The first-order valence-corrected chi connectivity index (χ1v) is 6.96. The van der Waals surface area contributed by atoms with E-state index in [-0.39, 0.29) is 11.5 Å². The van der Waals surface area contributed by atoms with Gasteiger partial charge in [-0.25, -0.2) is 0 Å². The summed E-state index contributed by atoms with van der Waals surface area (Å²) < 4.78 is 0. The fourth-order valence-corrected chi connectivity index (χ4v) is 2.57. The lowest BCUT2D eigenvalue weighted by molar-refractivity contribution is -0.384. The van der Waals surface area contributed by atoms with Gasteiger partial charge in [-0.2, -0.15) is 0 Å². The summed E-state index contributed by atoms with van der Waals surface area (Å²) in [5, 5.41) is 10.6. The lowest BCUT2D eigenvalue weighted by atomic mass is 9.85. The molecule has 2 rings (SSSR count). The maximum Gasteiger partial charge on any atom is 0.287 e. The summed E-state index contributed by atoms with van der Waals surface area (Å²) in [6.07, 6.45) is 4.60. The van der Waals surface area contributed by atoms with Crippen molar-refractivity contribution in [2.45, 2.75) is 33.1 Å².